The van der Waals surface area contributed by atoms with E-state index in [0.717, 1.165) is 25.8 Å². The van der Waals surface area contributed by atoms with Crippen LogP contribution in [0.5, 0.6) is 5.75 Å². The Morgan fingerprint density at radius 2 is 1.55 bits per heavy atom. The van der Waals surface area contributed by atoms with Crippen molar-refractivity contribution in [3.05, 3.63) is 50.9 Å². The van der Waals surface area contributed by atoms with Crippen LogP contribution >= 0.6 is 31.9 Å². The molecular weight excluding hydrogens is 380 g/mol. The molecule has 0 radical (unpaired) electrons. The van der Waals surface area contributed by atoms with Crippen LogP contribution < -0.4 is 4.74 Å². The summed E-state index contributed by atoms with van der Waals surface area (Å²) in [6.07, 6.45) is 0. The van der Waals surface area contributed by atoms with Crippen molar-refractivity contribution in [2.24, 2.45) is 0 Å². The molecule has 106 valence electrons. The summed E-state index contributed by atoms with van der Waals surface area (Å²) in [7, 11) is 1.69. The normalized spacial score (nSPS) is 11.5. The third-order valence-electron chi connectivity index (χ3n) is 3.30. The first-order valence-corrected chi connectivity index (χ1v) is 8.05. The maximum atomic E-state index is 5.31. The van der Waals surface area contributed by atoms with Gasteiger partial charge >= 0.3 is 0 Å². The number of rotatable bonds is 2. The monoisotopic (exact) mass is 396 g/mol. The molecule has 0 aromatic heterocycles. The Labute approximate surface area is 137 Å². The number of halogens is 2. The molecule has 0 fully saturated rings. The predicted octanol–water partition coefficient (Wildman–Crippen LogP) is 6.18. The van der Waals surface area contributed by atoms with Gasteiger partial charge in [-0.15, -0.1) is 0 Å². The zero-order chi connectivity index (χ0) is 14.9. The van der Waals surface area contributed by atoms with E-state index in [0.29, 0.717) is 0 Å². The number of ether oxygens (including phenoxy) is 1. The lowest BCUT2D eigenvalue weighted by Gasteiger charge is -2.20. The zero-order valence-electron chi connectivity index (χ0n) is 12.1. The van der Waals surface area contributed by atoms with Gasteiger partial charge in [0.05, 0.1) is 7.11 Å². The molecule has 3 heteroatoms. The Balaban J connectivity index is 2.54. The molecule has 0 saturated carbocycles. The third kappa shape index (κ3) is 3.26. The van der Waals surface area contributed by atoms with Crippen molar-refractivity contribution >= 4 is 31.9 Å². The van der Waals surface area contributed by atoms with E-state index in [-0.39, 0.29) is 5.41 Å². The first-order valence-electron chi connectivity index (χ1n) is 6.47. The fourth-order valence-corrected chi connectivity index (χ4v) is 3.09. The summed E-state index contributed by atoms with van der Waals surface area (Å²) in [5, 5.41) is 0. The standard InChI is InChI=1S/C17H18Br2O/c1-17(2,3)11-5-7-13(16(19)9-11)14-10-12(20-4)6-8-15(14)18/h5-10H,1-4H3. The summed E-state index contributed by atoms with van der Waals surface area (Å²) in [5.41, 5.74) is 3.74. The molecule has 1 nitrogen and oxygen atoms in total. The van der Waals surface area contributed by atoms with Crippen LogP contribution in [-0.2, 0) is 5.41 Å². The smallest absolute Gasteiger partial charge is 0.119 e. The second-order valence-corrected chi connectivity index (χ2v) is 7.50. The lowest BCUT2D eigenvalue weighted by molar-refractivity contribution is 0.415. The Hall–Kier alpha value is -0.800. The van der Waals surface area contributed by atoms with Crippen LogP contribution in [0.25, 0.3) is 11.1 Å². The van der Waals surface area contributed by atoms with Crippen molar-refractivity contribution in [1.29, 1.82) is 0 Å². The maximum Gasteiger partial charge on any atom is 0.119 e. The number of hydrogen-bond acceptors (Lipinski definition) is 1. The van der Waals surface area contributed by atoms with E-state index < -0.39 is 0 Å². The summed E-state index contributed by atoms with van der Waals surface area (Å²) in [6, 6.07) is 12.5. The minimum Gasteiger partial charge on any atom is -0.497 e. The van der Waals surface area contributed by atoms with E-state index in [4.69, 9.17) is 4.74 Å². The molecule has 0 aliphatic carbocycles. The summed E-state index contributed by atoms with van der Waals surface area (Å²) < 4.78 is 7.47. The molecule has 0 bridgehead atoms. The van der Waals surface area contributed by atoms with Crippen LogP contribution in [0, 0.1) is 0 Å². The topological polar surface area (TPSA) is 9.23 Å². The quantitative estimate of drug-likeness (QED) is 0.587. The molecule has 0 amide bonds. The van der Waals surface area contributed by atoms with Crippen LogP contribution in [0.1, 0.15) is 26.3 Å². The average Bonchev–Trinajstić information content (AvgIpc) is 2.38. The van der Waals surface area contributed by atoms with Gasteiger partial charge in [0.25, 0.3) is 0 Å². The van der Waals surface area contributed by atoms with E-state index in [1.165, 1.54) is 5.56 Å². The summed E-state index contributed by atoms with van der Waals surface area (Å²) in [6.45, 7) is 6.65. The van der Waals surface area contributed by atoms with E-state index in [9.17, 15) is 0 Å². The van der Waals surface area contributed by atoms with Crippen molar-refractivity contribution in [1.82, 2.24) is 0 Å². The van der Waals surface area contributed by atoms with Gasteiger partial charge in [-0.2, -0.15) is 0 Å². The van der Waals surface area contributed by atoms with Crippen molar-refractivity contribution in [2.45, 2.75) is 26.2 Å². The molecule has 0 N–H and O–H groups in total. The molecule has 20 heavy (non-hydrogen) atoms. The number of methoxy groups -OCH3 is 1. The van der Waals surface area contributed by atoms with E-state index in [1.54, 1.807) is 7.11 Å². The van der Waals surface area contributed by atoms with Gasteiger partial charge in [0.15, 0.2) is 0 Å². The van der Waals surface area contributed by atoms with Gasteiger partial charge < -0.3 is 4.74 Å². The molecule has 0 aliphatic heterocycles. The molecule has 0 spiro atoms. The largest absolute Gasteiger partial charge is 0.497 e. The maximum absolute atomic E-state index is 5.31. The summed E-state index contributed by atoms with van der Waals surface area (Å²) in [5.74, 6) is 0.856. The summed E-state index contributed by atoms with van der Waals surface area (Å²) in [4.78, 5) is 0. The highest BCUT2D eigenvalue weighted by Gasteiger charge is 2.16. The minimum absolute atomic E-state index is 0.145. The van der Waals surface area contributed by atoms with Crippen LogP contribution in [0.3, 0.4) is 0 Å². The SMILES string of the molecule is COc1ccc(Br)c(-c2ccc(C(C)(C)C)cc2Br)c1. The van der Waals surface area contributed by atoms with E-state index in [1.807, 2.05) is 18.2 Å². The van der Waals surface area contributed by atoms with Crippen LogP contribution in [0.4, 0.5) is 0 Å². The second-order valence-electron chi connectivity index (χ2n) is 5.79. The first-order chi connectivity index (χ1) is 9.32. The lowest BCUT2D eigenvalue weighted by Crippen LogP contribution is -2.10. The lowest BCUT2D eigenvalue weighted by atomic mass is 9.86. The predicted molar refractivity (Wildman–Crippen MR) is 92.5 cm³/mol. The fourth-order valence-electron chi connectivity index (χ4n) is 2.04. The minimum atomic E-state index is 0.145. The van der Waals surface area contributed by atoms with Gasteiger partial charge in [-0.3, -0.25) is 0 Å². The Kier molecular flexibility index (Phi) is 4.60. The highest BCUT2D eigenvalue weighted by atomic mass is 79.9. The van der Waals surface area contributed by atoms with Crippen molar-refractivity contribution in [3.8, 4) is 16.9 Å². The van der Waals surface area contributed by atoms with Gasteiger partial charge in [0, 0.05) is 14.5 Å². The van der Waals surface area contributed by atoms with Gasteiger partial charge in [-0.25, -0.2) is 0 Å². The molecule has 0 atom stereocenters. The molecular formula is C17H18Br2O. The molecule has 2 aromatic rings. The van der Waals surface area contributed by atoms with Gasteiger partial charge in [-0.1, -0.05) is 64.8 Å². The van der Waals surface area contributed by atoms with Gasteiger partial charge in [0.2, 0.25) is 0 Å². The average molecular weight is 398 g/mol. The highest BCUT2D eigenvalue weighted by Crippen LogP contribution is 2.38. The van der Waals surface area contributed by atoms with Crippen LogP contribution in [0.15, 0.2) is 45.3 Å². The molecule has 2 rings (SSSR count). The first kappa shape index (κ1) is 15.6. The van der Waals surface area contributed by atoms with Crippen molar-refractivity contribution in [2.75, 3.05) is 7.11 Å². The molecule has 0 unspecified atom stereocenters. The van der Waals surface area contributed by atoms with Crippen LogP contribution in [-0.4, -0.2) is 7.11 Å². The third-order valence-corrected chi connectivity index (χ3v) is 4.65. The molecule has 0 heterocycles. The Morgan fingerprint density at radius 1 is 0.850 bits per heavy atom. The molecule has 0 aliphatic rings. The second kappa shape index (κ2) is 5.90. The van der Waals surface area contributed by atoms with Crippen LogP contribution in [0.2, 0.25) is 0 Å². The zero-order valence-corrected chi connectivity index (χ0v) is 15.3. The fraction of sp³-hybridized carbons (Fsp3) is 0.294. The van der Waals surface area contributed by atoms with E-state index >= 15 is 0 Å². The van der Waals surface area contributed by atoms with Gasteiger partial charge in [-0.05, 0) is 40.8 Å². The Morgan fingerprint density at radius 3 is 2.10 bits per heavy atom. The molecule has 0 saturated heterocycles. The molecule has 2 aromatic carbocycles. The van der Waals surface area contributed by atoms with Crippen molar-refractivity contribution in [3.63, 3.8) is 0 Å². The van der Waals surface area contributed by atoms with Gasteiger partial charge in [0.1, 0.15) is 5.75 Å². The highest BCUT2D eigenvalue weighted by molar-refractivity contribution is 9.11. The number of hydrogen-bond donors (Lipinski definition) is 0. The van der Waals surface area contributed by atoms with E-state index in [2.05, 4.69) is 70.8 Å². The Bertz CT molecular complexity index is 627. The number of benzene rings is 2. The van der Waals surface area contributed by atoms with Crippen molar-refractivity contribution < 1.29 is 4.74 Å². The summed E-state index contributed by atoms with van der Waals surface area (Å²) >= 11 is 7.31.